The summed E-state index contributed by atoms with van der Waals surface area (Å²) in [5.41, 5.74) is -1.38. The molecule has 1 N–H and O–H groups in total. The van der Waals surface area contributed by atoms with Gasteiger partial charge in [-0.15, -0.1) is 0 Å². The molecule has 3 aliphatic rings. The van der Waals surface area contributed by atoms with Gasteiger partial charge in [0.05, 0.1) is 6.54 Å². The van der Waals surface area contributed by atoms with Crippen molar-refractivity contribution in [2.45, 2.75) is 71.6 Å². The molecule has 7 heteroatoms. The molecule has 0 aromatic heterocycles. The van der Waals surface area contributed by atoms with Crippen molar-refractivity contribution < 1.29 is 24.2 Å². The Bertz CT molecular complexity index is 495. The zero-order chi connectivity index (χ0) is 19.7. The first-order chi connectivity index (χ1) is 11.9. The molecule has 3 heterocycles. The van der Waals surface area contributed by atoms with Crippen LogP contribution in [0.2, 0.25) is 0 Å². The van der Waals surface area contributed by atoms with Crippen molar-refractivity contribution >= 4 is 12.2 Å². The van der Waals surface area contributed by atoms with Gasteiger partial charge in [-0.25, -0.2) is 14.5 Å². The molecule has 2 amide bonds. The summed E-state index contributed by atoms with van der Waals surface area (Å²) in [6.45, 7) is 12.8. The topological polar surface area (TPSA) is 79.3 Å². The van der Waals surface area contributed by atoms with Gasteiger partial charge < -0.3 is 14.6 Å². The summed E-state index contributed by atoms with van der Waals surface area (Å²) in [6.07, 6.45) is 0.578. The second-order valence-electron chi connectivity index (χ2n) is 9.45. The number of ether oxygens (including phenoxy) is 2. The van der Waals surface area contributed by atoms with Crippen LogP contribution < -0.4 is 0 Å². The normalized spacial score (nSPS) is 28.6. The zero-order valence-electron chi connectivity index (χ0n) is 16.9. The second-order valence-corrected chi connectivity index (χ2v) is 9.45. The number of amides is 2. The molecule has 3 rings (SSSR count). The summed E-state index contributed by atoms with van der Waals surface area (Å²) in [5, 5.41) is 9.53. The summed E-state index contributed by atoms with van der Waals surface area (Å²) in [4.78, 5) is 28.6. The van der Waals surface area contributed by atoms with Gasteiger partial charge in [0.25, 0.3) is 0 Å². The van der Waals surface area contributed by atoms with Crippen LogP contribution in [-0.4, -0.2) is 70.6 Å². The van der Waals surface area contributed by atoms with Crippen LogP contribution in [0.1, 0.15) is 54.4 Å². The van der Waals surface area contributed by atoms with Crippen LogP contribution in [0, 0.1) is 11.8 Å². The van der Waals surface area contributed by atoms with Crippen molar-refractivity contribution in [1.82, 2.24) is 9.80 Å². The summed E-state index contributed by atoms with van der Waals surface area (Å²) in [5.74, 6) is 0.727. The minimum Gasteiger partial charge on any atom is -0.443 e. The molecule has 0 radical (unpaired) electrons. The number of aliphatic hydroxyl groups excluding tert-OH is 1. The van der Waals surface area contributed by atoms with Crippen LogP contribution in [0.5, 0.6) is 0 Å². The van der Waals surface area contributed by atoms with Crippen LogP contribution in [0.25, 0.3) is 0 Å². The van der Waals surface area contributed by atoms with Crippen LogP contribution in [-0.2, 0) is 9.47 Å². The molecule has 4 atom stereocenters. The average molecular weight is 370 g/mol. The standard InChI is InChI=1S/C19H34N2O5/c1-18(2,3)25-16(23)21(17(24)26-19(4,5)6)11-15-9-13-7-8-20(15)10-14(13)12-22/h13-15,22H,7-12H2,1-6H3/t13-,14+,15+/m0/s1. The smallest absolute Gasteiger partial charge is 0.419 e. The first kappa shape index (κ1) is 21.0. The minimum absolute atomic E-state index is 0.0802. The largest absolute Gasteiger partial charge is 0.443 e. The zero-order valence-corrected chi connectivity index (χ0v) is 16.9. The third-order valence-corrected chi connectivity index (χ3v) is 4.87. The van der Waals surface area contributed by atoms with E-state index in [1.54, 1.807) is 41.5 Å². The Balaban J connectivity index is 2.11. The van der Waals surface area contributed by atoms with Gasteiger partial charge in [-0.2, -0.15) is 0 Å². The van der Waals surface area contributed by atoms with Gasteiger partial charge in [-0.1, -0.05) is 0 Å². The molecule has 1 unspecified atom stereocenters. The molecule has 0 aromatic rings. The third kappa shape index (κ3) is 5.58. The minimum atomic E-state index is -0.689. The van der Waals surface area contributed by atoms with Crippen molar-refractivity contribution in [3.05, 3.63) is 0 Å². The molecule has 0 aliphatic carbocycles. The van der Waals surface area contributed by atoms with E-state index in [0.717, 1.165) is 30.8 Å². The predicted octanol–water partition coefficient (Wildman–Crippen LogP) is 2.86. The molecule has 3 saturated heterocycles. The van der Waals surface area contributed by atoms with Crippen molar-refractivity contribution in [3.8, 4) is 0 Å². The third-order valence-electron chi connectivity index (χ3n) is 4.87. The fourth-order valence-electron chi connectivity index (χ4n) is 3.71. The summed E-state index contributed by atoms with van der Waals surface area (Å²) in [6, 6.07) is 0.0802. The van der Waals surface area contributed by atoms with Gasteiger partial charge >= 0.3 is 12.2 Å². The molecule has 3 fully saturated rings. The van der Waals surface area contributed by atoms with Crippen molar-refractivity contribution in [2.75, 3.05) is 26.2 Å². The highest BCUT2D eigenvalue weighted by molar-refractivity contribution is 5.88. The number of carbonyl (C=O) groups is 2. The SMILES string of the molecule is CC(C)(C)OC(=O)N(C[C@H]1C[C@@H]2CCN1C[C@@H]2CO)C(=O)OC(C)(C)C. The Hall–Kier alpha value is -1.34. The van der Waals surface area contributed by atoms with E-state index in [-0.39, 0.29) is 25.1 Å². The lowest BCUT2D eigenvalue weighted by atomic mass is 9.76. The number of fused-ring (bicyclic) bond motifs is 3. The first-order valence-electron chi connectivity index (χ1n) is 9.48. The Morgan fingerprint density at radius 1 is 1.08 bits per heavy atom. The van der Waals surface area contributed by atoms with E-state index in [1.807, 2.05) is 0 Å². The highest BCUT2D eigenvalue weighted by Crippen LogP contribution is 2.36. The van der Waals surface area contributed by atoms with E-state index in [4.69, 9.17) is 9.47 Å². The van der Waals surface area contributed by atoms with Crippen LogP contribution in [0.4, 0.5) is 9.59 Å². The molecule has 2 bridgehead atoms. The maximum absolute atomic E-state index is 12.6. The molecule has 150 valence electrons. The van der Waals surface area contributed by atoms with Crippen molar-refractivity contribution in [1.29, 1.82) is 0 Å². The fraction of sp³-hybridized carbons (Fsp3) is 0.895. The van der Waals surface area contributed by atoms with Crippen LogP contribution in [0.3, 0.4) is 0 Å². The van der Waals surface area contributed by atoms with Gasteiger partial charge in [0.1, 0.15) is 11.2 Å². The maximum atomic E-state index is 12.6. The van der Waals surface area contributed by atoms with Gasteiger partial charge in [0, 0.05) is 19.2 Å². The molecule has 26 heavy (non-hydrogen) atoms. The monoisotopic (exact) mass is 370 g/mol. The number of carbonyl (C=O) groups excluding carboxylic acids is 2. The first-order valence-corrected chi connectivity index (χ1v) is 9.48. The van der Waals surface area contributed by atoms with Crippen LogP contribution in [0.15, 0.2) is 0 Å². The van der Waals surface area contributed by atoms with E-state index in [1.165, 1.54) is 0 Å². The number of nitrogens with zero attached hydrogens (tertiary/aromatic N) is 2. The van der Waals surface area contributed by atoms with Crippen LogP contribution >= 0.6 is 0 Å². The maximum Gasteiger partial charge on any atom is 0.419 e. The Labute approximate surface area is 156 Å². The number of piperidine rings is 3. The highest BCUT2D eigenvalue weighted by Gasteiger charge is 2.42. The Morgan fingerprint density at radius 3 is 2.00 bits per heavy atom. The fourth-order valence-corrected chi connectivity index (χ4v) is 3.71. The lowest BCUT2D eigenvalue weighted by Gasteiger charge is -2.50. The summed E-state index contributed by atoms with van der Waals surface area (Å²) < 4.78 is 10.9. The Morgan fingerprint density at radius 2 is 1.62 bits per heavy atom. The van der Waals surface area contributed by atoms with Gasteiger partial charge in [-0.3, -0.25) is 4.90 Å². The molecule has 3 aliphatic heterocycles. The lowest BCUT2D eigenvalue weighted by molar-refractivity contribution is -0.0403. The predicted molar refractivity (Wildman–Crippen MR) is 97.8 cm³/mol. The molecule has 0 aromatic carbocycles. The number of rotatable bonds is 3. The second kappa shape index (κ2) is 7.72. The van der Waals surface area contributed by atoms with E-state index in [2.05, 4.69) is 4.90 Å². The number of aliphatic hydroxyl groups is 1. The van der Waals surface area contributed by atoms with Gasteiger partial charge in [0.2, 0.25) is 0 Å². The quantitative estimate of drug-likeness (QED) is 0.823. The summed E-state index contributed by atoms with van der Waals surface area (Å²) >= 11 is 0. The van der Waals surface area contributed by atoms with Crippen molar-refractivity contribution in [3.63, 3.8) is 0 Å². The highest BCUT2D eigenvalue weighted by atomic mass is 16.6. The van der Waals surface area contributed by atoms with E-state index < -0.39 is 23.4 Å². The molecule has 7 nitrogen and oxygen atoms in total. The van der Waals surface area contributed by atoms with Gasteiger partial charge in [-0.05, 0) is 72.8 Å². The van der Waals surface area contributed by atoms with E-state index in [0.29, 0.717) is 5.92 Å². The number of imide groups is 1. The summed E-state index contributed by atoms with van der Waals surface area (Å²) in [7, 11) is 0. The molecular formula is C19H34N2O5. The molecule has 0 spiro atoms. The van der Waals surface area contributed by atoms with E-state index >= 15 is 0 Å². The van der Waals surface area contributed by atoms with Crippen molar-refractivity contribution in [2.24, 2.45) is 11.8 Å². The molecule has 0 saturated carbocycles. The van der Waals surface area contributed by atoms with E-state index in [9.17, 15) is 14.7 Å². The molecular weight excluding hydrogens is 336 g/mol. The number of hydrogen-bond acceptors (Lipinski definition) is 6. The van der Waals surface area contributed by atoms with Gasteiger partial charge in [0.15, 0.2) is 0 Å². The Kier molecular flexibility index (Phi) is 6.23. The number of hydrogen-bond donors (Lipinski definition) is 1. The average Bonchev–Trinajstić information content (AvgIpc) is 2.49. The lowest BCUT2D eigenvalue weighted by Crippen LogP contribution is -2.59.